The van der Waals surface area contributed by atoms with E-state index in [1.54, 1.807) is 0 Å². The third-order valence-electron chi connectivity index (χ3n) is 2.09. The van der Waals surface area contributed by atoms with Crippen molar-refractivity contribution >= 4 is 44.8 Å². The van der Waals surface area contributed by atoms with Crippen LogP contribution in [0.3, 0.4) is 0 Å². The largest absolute Gasteiger partial charge is 0.242 e. The molecule has 0 aliphatic carbocycles. The van der Waals surface area contributed by atoms with Gasteiger partial charge in [-0.05, 0) is 18.6 Å². The molecule has 0 aliphatic rings. The lowest BCUT2D eigenvalue weighted by Gasteiger charge is -2.09. The van der Waals surface area contributed by atoms with E-state index in [4.69, 9.17) is 34.8 Å². The van der Waals surface area contributed by atoms with E-state index in [2.05, 4.69) is 4.72 Å². The Morgan fingerprint density at radius 1 is 1.12 bits per heavy atom. The van der Waals surface area contributed by atoms with Gasteiger partial charge in [0.2, 0.25) is 10.0 Å². The Bertz CT molecular complexity index is 503. The normalized spacial score (nSPS) is 11.8. The van der Waals surface area contributed by atoms with Crippen LogP contribution in [0.1, 0.15) is 19.8 Å². The molecule has 0 heterocycles. The molecule has 96 valence electrons. The molecular formula is C10H12Cl3NO2S. The number of sulfonamides is 1. The summed E-state index contributed by atoms with van der Waals surface area (Å²) in [6.45, 7) is 2.34. The molecule has 0 bridgehead atoms. The molecular weight excluding hydrogens is 305 g/mol. The second-order valence-electron chi connectivity index (χ2n) is 3.45. The minimum Gasteiger partial charge on any atom is -0.211 e. The van der Waals surface area contributed by atoms with E-state index in [1.165, 1.54) is 12.1 Å². The minimum absolute atomic E-state index is 0.0512. The van der Waals surface area contributed by atoms with E-state index in [-0.39, 0.29) is 20.0 Å². The number of hydrogen-bond acceptors (Lipinski definition) is 2. The first-order valence-corrected chi connectivity index (χ1v) is 7.64. The van der Waals surface area contributed by atoms with Crippen LogP contribution in [0.25, 0.3) is 0 Å². The zero-order valence-corrected chi connectivity index (χ0v) is 12.2. The van der Waals surface area contributed by atoms with Crippen molar-refractivity contribution in [1.29, 1.82) is 0 Å². The van der Waals surface area contributed by atoms with Gasteiger partial charge in [-0.3, -0.25) is 0 Å². The first kappa shape index (κ1) is 15.1. The predicted molar refractivity (Wildman–Crippen MR) is 71.6 cm³/mol. The summed E-state index contributed by atoms with van der Waals surface area (Å²) in [5.41, 5.74) is 0. The topological polar surface area (TPSA) is 46.2 Å². The number of rotatable bonds is 5. The third-order valence-corrected chi connectivity index (χ3v) is 4.73. The van der Waals surface area contributed by atoms with E-state index >= 15 is 0 Å². The molecule has 0 atom stereocenters. The van der Waals surface area contributed by atoms with Gasteiger partial charge < -0.3 is 0 Å². The summed E-state index contributed by atoms with van der Waals surface area (Å²) in [6.07, 6.45) is 1.66. The summed E-state index contributed by atoms with van der Waals surface area (Å²) in [5, 5.41) is 0.444. The van der Waals surface area contributed by atoms with Crippen molar-refractivity contribution in [2.24, 2.45) is 0 Å². The van der Waals surface area contributed by atoms with Crippen LogP contribution in [0.5, 0.6) is 0 Å². The van der Waals surface area contributed by atoms with Crippen LogP contribution in [-0.4, -0.2) is 15.0 Å². The highest BCUT2D eigenvalue weighted by molar-refractivity contribution is 7.89. The van der Waals surface area contributed by atoms with Crippen LogP contribution in [-0.2, 0) is 10.0 Å². The highest BCUT2D eigenvalue weighted by atomic mass is 35.5. The number of nitrogens with one attached hydrogen (secondary N) is 1. The molecule has 1 N–H and O–H groups in total. The maximum atomic E-state index is 11.9. The summed E-state index contributed by atoms with van der Waals surface area (Å²) >= 11 is 17.3. The quantitative estimate of drug-likeness (QED) is 0.664. The van der Waals surface area contributed by atoms with Crippen molar-refractivity contribution in [3.63, 3.8) is 0 Å². The first-order valence-electron chi connectivity index (χ1n) is 5.02. The van der Waals surface area contributed by atoms with Crippen molar-refractivity contribution in [3.8, 4) is 0 Å². The van der Waals surface area contributed by atoms with Gasteiger partial charge in [0.15, 0.2) is 0 Å². The molecule has 0 radical (unpaired) electrons. The zero-order valence-electron chi connectivity index (χ0n) is 9.13. The molecule has 0 aromatic heterocycles. The number of halogens is 3. The molecule has 0 fully saturated rings. The molecule has 0 saturated carbocycles. The molecule has 17 heavy (non-hydrogen) atoms. The molecule has 0 aliphatic heterocycles. The van der Waals surface area contributed by atoms with Crippen molar-refractivity contribution in [3.05, 3.63) is 27.2 Å². The smallest absolute Gasteiger partial charge is 0.211 e. The summed E-state index contributed by atoms with van der Waals surface area (Å²) in [4.78, 5) is -0.0512. The van der Waals surface area contributed by atoms with E-state index in [0.29, 0.717) is 6.54 Å². The van der Waals surface area contributed by atoms with Crippen LogP contribution in [0.2, 0.25) is 15.1 Å². The molecule has 0 amide bonds. The Labute approximate surface area is 116 Å². The predicted octanol–water partition coefficient (Wildman–Crippen LogP) is 3.73. The summed E-state index contributed by atoms with van der Waals surface area (Å²) < 4.78 is 26.2. The van der Waals surface area contributed by atoms with Crippen LogP contribution < -0.4 is 4.72 Å². The lowest BCUT2D eigenvalue weighted by Crippen LogP contribution is -2.25. The zero-order chi connectivity index (χ0) is 13.1. The second kappa shape index (κ2) is 6.25. The SMILES string of the molecule is CCCCNS(=O)(=O)c1cc(Cl)c(Cl)cc1Cl. The summed E-state index contributed by atoms with van der Waals surface area (Å²) in [6, 6.07) is 2.57. The lowest BCUT2D eigenvalue weighted by molar-refractivity contribution is 0.578. The highest BCUT2D eigenvalue weighted by Gasteiger charge is 2.19. The van der Waals surface area contributed by atoms with Gasteiger partial charge in [0, 0.05) is 6.54 Å². The fourth-order valence-corrected chi connectivity index (χ4v) is 3.24. The molecule has 1 aromatic rings. The lowest BCUT2D eigenvalue weighted by atomic mass is 10.3. The fourth-order valence-electron chi connectivity index (χ4n) is 1.17. The van der Waals surface area contributed by atoms with Gasteiger partial charge in [-0.25, -0.2) is 13.1 Å². The molecule has 3 nitrogen and oxygen atoms in total. The van der Waals surface area contributed by atoms with E-state index in [9.17, 15) is 8.42 Å². The van der Waals surface area contributed by atoms with Gasteiger partial charge in [0.25, 0.3) is 0 Å². The summed E-state index contributed by atoms with van der Waals surface area (Å²) in [5.74, 6) is 0. The molecule has 1 aromatic carbocycles. The minimum atomic E-state index is -3.63. The van der Waals surface area contributed by atoms with E-state index in [0.717, 1.165) is 12.8 Å². The van der Waals surface area contributed by atoms with Gasteiger partial charge in [-0.2, -0.15) is 0 Å². The number of hydrogen-bond donors (Lipinski definition) is 1. The van der Waals surface area contributed by atoms with Gasteiger partial charge in [-0.15, -0.1) is 0 Å². The molecule has 7 heteroatoms. The average molecular weight is 317 g/mol. The van der Waals surface area contributed by atoms with Crippen molar-refractivity contribution in [2.75, 3.05) is 6.54 Å². The van der Waals surface area contributed by atoms with Crippen LogP contribution in [0, 0.1) is 0 Å². The fraction of sp³-hybridized carbons (Fsp3) is 0.400. The van der Waals surface area contributed by atoms with Crippen molar-refractivity contribution < 1.29 is 8.42 Å². The standard InChI is InChI=1S/C10H12Cl3NO2S/c1-2-3-4-14-17(15,16)10-6-8(12)7(11)5-9(10)13/h5-6,14H,2-4H2,1H3. The molecule has 0 unspecified atom stereocenters. The number of unbranched alkanes of at least 4 members (excludes halogenated alkanes) is 1. The highest BCUT2D eigenvalue weighted by Crippen LogP contribution is 2.31. The Morgan fingerprint density at radius 2 is 1.71 bits per heavy atom. The van der Waals surface area contributed by atoms with E-state index < -0.39 is 10.0 Å². The Hall–Kier alpha value is -0.000000000000000111. The summed E-state index contributed by atoms with van der Waals surface area (Å²) in [7, 11) is -3.63. The van der Waals surface area contributed by atoms with Crippen LogP contribution >= 0.6 is 34.8 Å². The van der Waals surface area contributed by atoms with Gasteiger partial charge in [0.05, 0.1) is 15.1 Å². The first-order chi connectivity index (χ1) is 7.88. The van der Waals surface area contributed by atoms with Gasteiger partial charge in [0.1, 0.15) is 4.90 Å². The monoisotopic (exact) mass is 315 g/mol. The van der Waals surface area contributed by atoms with Gasteiger partial charge in [-0.1, -0.05) is 48.1 Å². The average Bonchev–Trinajstić information content (AvgIpc) is 2.23. The van der Waals surface area contributed by atoms with Crippen molar-refractivity contribution in [1.82, 2.24) is 4.72 Å². The van der Waals surface area contributed by atoms with Crippen LogP contribution in [0.15, 0.2) is 17.0 Å². The third kappa shape index (κ3) is 4.00. The molecule has 0 saturated heterocycles. The second-order valence-corrected chi connectivity index (χ2v) is 6.41. The Balaban J connectivity index is 3.03. The maximum Gasteiger partial charge on any atom is 0.242 e. The van der Waals surface area contributed by atoms with Gasteiger partial charge >= 0.3 is 0 Å². The molecule has 1 rings (SSSR count). The maximum absolute atomic E-state index is 11.9. The molecule has 0 spiro atoms. The van der Waals surface area contributed by atoms with Crippen LogP contribution in [0.4, 0.5) is 0 Å². The van der Waals surface area contributed by atoms with E-state index in [1.807, 2.05) is 6.92 Å². The Morgan fingerprint density at radius 3 is 2.29 bits per heavy atom. The number of benzene rings is 1. The van der Waals surface area contributed by atoms with Crippen molar-refractivity contribution in [2.45, 2.75) is 24.7 Å². The Kier molecular flexibility index (Phi) is 5.54.